The molecule has 12 nitrogen and oxygen atoms in total. The molecule has 0 aromatic heterocycles. The van der Waals surface area contributed by atoms with E-state index in [1.807, 2.05) is 0 Å². The molecule has 0 aliphatic carbocycles. The number of benzene rings is 2. The van der Waals surface area contributed by atoms with Crippen LogP contribution in [0.2, 0.25) is 0 Å². The van der Waals surface area contributed by atoms with Crippen molar-refractivity contribution < 1.29 is 55.2 Å². The lowest BCUT2D eigenvalue weighted by atomic mass is 10.2. The second kappa shape index (κ2) is 8.66. The van der Waals surface area contributed by atoms with Gasteiger partial charge in [-0.2, -0.15) is 16.8 Å². The minimum Gasteiger partial charge on any atom is -0.506 e. The van der Waals surface area contributed by atoms with E-state index in [1.165, 1.54) is 0 Å². The quantitative estimate of drug-likeness (QED) is 0.254. The Kier molecular flexibility index (Phi) is 6.66. The summed E-state index contributed by atoms with van der Waals surface area (Å²) in [5, 5.41) is 18.8. The molecule has 0 fully saturated rings. The summed E-state index contributed by atoms with van der Waals surface area (Å²) in [6, 6.07) is 5.16. The Bertz CT molecular complexity index is 1100. The van der Waals surface area contributed by atoms with E-state index in [0.29, 0.717) is 12.1 Å². The monoisotopic (exact) mass is 462 g/mol. The van der Waals surface area contributed by atoms with Gasteiger partial charge in [0.25, 0.3) is 20.2 Å². The Balaban J connectivity index is 1.97. The van der Waals surface area contributed by atoms with E-state index in [4.69, 9.17) is 18.6 Å². The molecular formula is C16H14O12S2. The first kappa shape index (κ1) is 23.1. The van der Waals surface area contributed by atoms with Gasteiger partial charge in [0, 0.05) is 0 Å². The van der Waals surface area contributed by atoms with Crippen LogP contribution in [0.25, 0.3) is 0 Å². The number of esters is 2. The number of ether oxygens (including phenoxy) is 2. The smallest absolute Gasteiger partial charge is 0.338 e. The van der Waals surface area contributed by atoms with Crippen molar-refractivity contribution >= 4 is 32.2 Å². The summed E-state index contributed by atoms with van der Waals surface area (Å²) < 4.78 is 72.0. The third-order valence-electron chi connectivity index (χ3n) is 3.50. The van der Waals surface area contributed by atoms with Crippen LogP contribution >= 0.6 is 0 Å². The zero-order valence-electron chi connectivity index (χ0n) is 14.7. The van der Waals surface area contributed by atoms with Gasteiger partial charge in [-0.3, -0.25) is 9.11 Å². The maximum absolute atomic E-state index is 11.9. The van der Waals surface area contributed by atoms with Crippen LogP contribution in [0.5, 0.6) is 11.5 Å². The topological polar surface area (TPSA) is 202 Å². The van der Waals surface area contributed by atoms with Crippen molar-refractivity contribution in [1.82, 2.24) is 0 Å². The summed E-state index contributed by atoms with van der Waals surface area (Å²) in [7, 11) is -9.56. The molecule has 0 saturated heterocycles. The Labute approximate surface area is 169 Å². The highest BCUT2D eigenvalue weighted by Gasteiger charge is 2.20. The predicted molar refractivity (Wildman–Crippen MR) is 96.4 cm³/mol. The fourth-order valence-corrected chi connectivity index (χ4v) is 3.35. The number of aromatic hydroxyl groups is 2. The summed E-state index contributed by atoms with van der Waals surface area (Å²) in [5.74, 6) is -3.65. The van der Waals surface area contributed by atoms with E-state index < -0.39 is 66.7 Å². The fourth-order valence-electron chi connectivity index (χ4n) is 2.13. The van der Waals surface area contributed by atoms with E-state index in [1.54, 1.807) is 0 Å². The molecule has 2 aromatic carbocycles. The molecular weight excluding hydrogens is 448 g/mol. The van der Waals surface area contributed by atoms with Crippen molar-refractivity contribution in [3.8, 4) is 11.5 Å². The molecule has 0 aliphatic rings. The van der Waals surface area contributed by atoms with Crippen LogP contribution in [0.15, 0.2) is 46.2 Å². The predicted octanol–water partition coefficient (Wildman–Crippen LogP) is 0.605. The fraction of sp³-hybridized carbons (Fsp3) is 0.125. The van der Waals surface area contributed by atoms with Crippen LogP contribution in [0, 0.1) is 0 Å². The van der Waals surface area contributed by atoms with Crippen molar-refractivity contribution in [2.24, 2.45) is 0 Å². The molecule has 2 aromatic rings. The maximum atomic E-state index is 11.9. The van der Waals surface area contributed by atoms with Gasteiger partial charge in [-0.15, -0.1) is 0 Å². The van der Waals surface area contributed by atoms with Gasteiger partial charge in [0.15, 0.2) is 0 Å². The number of carbonyl (C=O) groups is 2. The summed E-state index contributed by atoms with van der Waals surface area (Å²) in [5.41, 5.74) is -0.633. The second-order valence-corrected chi connectivity index (χ2v) is 8.37. The minimum absolute atomic E-state index is 0.317. The second-order valence-electron chi connectivity index (χ2n) is 5.59. The first-order valence-electron chi connectivity index (χ1n) is 7.76. The minimum atomic E-state index is -4.78. The molecule has 0 aliphatic heterocycles. The maximum Gasteiger partial charge on any atom is 0.338 e. The third-order valence-corrected chi connectivity index (χ3v) is 5.26. The van der Waals surface area contributed by atoms with Crippen LogP contribution in [0.4, 0.5) is 0 Å². The van der Waals surface area contributed by atoms with Crippen LogP contribution in [-0.4, -0.2) is 61.3 Å². The van der Waals surface area contributed by atoms with Gasteiger partial charge in [-0.1, -0.05) is 0 Å². The van der Waals surface area contributed by atoms with E-state index in [0.717, 1.165) is 24.3 Å². The molecule has 0 radical (unpaired) electrons. The molecule has 14 heteroatoms. The summed E-state index contributed by atoms with van der Waals surface area (Å²) in [6.45, 7) is -0.953. The van der Waals surface area contributed by atoms with Crippen molar-refractivity contribution in [3.63, 3.8) is 0 Å². The summed E-state index contributed by atoms with van der Waals surface area (Å²) in [6.07, 6.45) is 0. The number of hydrogen-bond donors (Lipinski definition) is 4. The molecule has 30 heavy (non-hydrogen) atoms. The largest absolute Gasteiger partial charge is 0.506 e. The first-order valence-corrected chi connectivity index (χ1v) is 10.6. The third kappa shape index (κ3) is 5.66. The Morgan fingerprint density at radius 1 is 0.700 bits per heavy atom. The lowest BCUT2D eigenvalue weighted by Gasteiger charge is -2.09. The Morgan fingerprint density at radius 3 is 1.33 bits per heavy atom. The normalized spacial score (nSPS) is 11.7. The standard InChI is InChI=1S/C16H14O12S2/c17-11-3-1-9(7-13(11)29(21,22)23)15(19)27-5-6-28-16(20)10-2-4-12(18)14(8-10)30(24,25)26/h1-4,7-8,17-18H,5-6H2,(H,21,22,23)(H,24,25,26). The molecule has 0 unspecified atom stereocenters. The zero-order chi connectivity index (χ0) is 22.7. The first-order chi connectivity index (χ1) is 13.8. The lowest BCUT2D eigenvalue weighted by Crippen LogP contribution is -2.15. The van der Waals surface area contributed by atoms with Gasteiger partial charge in [-0.05, 0) is 36.4 Å². The lowest BCUT2D eigenvalue weighted by molar-refractivity contribution is 0.0265. The average molecular weight is 462 g/mol. The summed E-state index contributed by atoms with van der Waals surface area (Å²) >= 11 is 0. The average Bonchev–Trinajstić information content (AvgIpc) is 2.63. The Morgan fingerprint density at radius 2 is 1.03 bits per heavy atom. The van der Waals surface area contributed by atoms with Gasteiger partial charge in [-0.25, -0.2) is 9.59 Å². The van der Waals surface area contributed by atoms with Gasteiger partial charge in [0.2, 0.25) is 0 Å². The number of phenols is 2. The van der Waals surface area contributed by atoms with Crippen LogP contribution in [0.3, 0.4) is 0 Å². The highest BCUT2D eigenvalue weighted by atomic mass is 32.2. The molecule has 2 rings (SSSR count). The van der Waals surface area contributed by atoms with Crippen LogP contribution in [-0.2, 0) is 29.7 Å². The molecule has 162 valence electrons. The molecule has 0 atom stereocenters. The molecule has 0 amide bonds. The molecule has 4 N–H and O–H groups in total. The molecule has 0 spiro atoms. The van der Waals surface area contributed by atoms with E-state index in [9.17, 15) is 36.6 Å². The Hall–Kier alpha value is -3.20. The molecule has 0 saturated carbocycles. The number of carbonyl (C=O) groups excluding carboxylic acids is 2. The summed E-state index contributed by atoms with van der Waals surface area (Å²) in [4.78, 5) is 22.0. The molecule has 0 heterocycles. The number of rotatable bonds is 7. The van der Waals surface area contributed by atoms with Gasteiger partial charge in [0.1, 0.15) is 34.5 Å². The zero-order valence-corrected chi connectivity index (χ0v) is 16.4. The van der Waals surface area contributed by atoms with E-state index in [-0.39, 0.29) is 11.1 Å². The van der Waals surface area contributed by atoms with Crippen molar-refractivity contribution in [3.05, 3.63) is 47.5 Å². The molecule has 0 bridgehead atoms. The van der Waals surface area contributed by atoms with Gasteiger partial charge >= 0.3 is 11.9 Å². The number of phenolic OH excluding ortho intramolecular Hbond substituents is 2. The van der Waals surface area contributed by atoms with Gasteiger partial charge in [0.05, 0.1) is 11.1 Å². The van der Waals surface area contributed by atoms with Crippen LogP contribution in [0.1, 0.15) is 20.7 Å². The van der Waals surface area contributed by atoms with Crippen molar-refractivity contribution in [2.75, 3.05) is 13.2 Å². The number of hydrogen-bond acceptors (Lipinski definition) is 10. The van der Waals surface area contributed by atoms with Crippen LogP contribution < -0.4 is 0 Å². The van der Waals surface area contributed by atoms with Crippen molar-refractivity contribution in [2.45, 2.75) is 9.79 Å². The highest BCUT2D eigenvalue weighted by molar-refractivity contribution is 7.86. The van der Waals surface area contributed by atoms with E-state index in [2.05, 4.69) is 0 Å². The SMILES string of the molecule is O=C(OCCOC(=O)c1ccc(O)c(S(=O)(=O)O)c1)c1ccc(O)c(S(=O)(=O)O)c1. The van der Waals surface area contributed by atoms with Crippen molar-refractivity contribution in [1.29, 1.82) is 0 Å². The van der Waals surface area contributed by atoms with E-state index >= 15 is 0 Å². The van der Waals surface area contributed by atoms with Gasteiger partial charge < -0.3 is 19.7 Å². The highest BCUT2D eigenvalue weighted by Crippen LogP contribution is 2.24.